The Labute approximate surface area is 187 Å². The molecule has 11 heteroatoms. The molecule has 2 aromatic heterocycles. The highest BCUT2D eigenvalue weighted by Crippen LogP contribution is 2.35. The molecule has 1 saturated carbocycles. The highest BCUT2D eigenvalue weighted by Gasteiger charge is 2.36. The third-order valence-corrected chi connectivity index (χ3v) is 5.78. The summed E-state index contributed by atoms with van der Waals surface area (Å²) in [4.78, 5) is 20.4. The summed E-state index contributed by atoms with van der Waals surface area (Å²) in [6.07, 6.45) is 0.577. The Morgan fingerprint density at radius 2 is 1.94 bits per heavy atom. The minimum Gasteiger partial charge on any atom is -0.395 e. The van der Waals surface area contributed by atoms with Crippen molar-refractivity contribution >= 4 is 28.2 Å². The number of halogens is 3. The first-order valence-electron chi connectivity index (χ1n) is 10.7. The molecule has 1 aromatic carbocycles. The van der Waals surface area contributed by atoms with E-state index in [0.29, 0.717) is 29.3 Å². The molecule has 1 aliphatic rings. The molecule has 1 aliphatic carbocycles. The molecular weight excluding hydrogens is 437 g/mol. The van der Waals surface area contributed by atoms with Crippen LogP contribution >= 0.6 is 0 Å². The fourth-order valence-electron chi connectivity index (χ4n) is 4.00. The predicted molar refractivity (Wildman–Crippen MR) is 119 cm³/mol. The summed E-state index contributed by atoms with van der Waals surface area (Å²) in [5, 5.41) is 16.0. The molecule has 0 unspecified atom stereocenters. The van der Waals surface area contributed by atoms with Crippen molar-refractivity contribution in [2.75, 3.05) is 17.2 Å². The van der Waals surface area contributed by atoms with Crippen LogP contribution in [0.4, 0.5) is 30.6 Å². The number of nitrogens with zero attached hydrogens (tertiary/aromatic N) is 3. The van der Waals surface area contributed by atoms with Gasteiger partial charge in [-0.25, -0.2) is 4.98 Å². The van der Waals surface area contributed by atoms with Crippen LogP contribution in [-0.2, 0) is 12.7 Å². The smallest absolute Gasteiger partial charge is 0.395 e. The lowest BCUT2D eigenvalue weighted by molar-refractivity contribution is -0.137. The zero-order chi connectivity index (χ0) is 23.6. The Morgan fingerprint density at radius 1 is 1.18 bits per heavy atom. The molecule has 2 heterocycles. The minimum atomic E-state index is -4.59. The summed E-state index contributed by atoms with van der Waals surface area (Å²) >= 11 is 0. The van der Waals surface area contributed by atoms with Crippen LogP contribution in [-0.4, -0.2) is 38.3 Å². The summed E-state index contributed by atoms with van der Waals surface area (Å²) in [5.74, 6) is -0.265. The maximum Gasteiger partial charge on any atom is 0.421 e. The fraction of sp³-hybridized carbons (Fsp3) is 0.409. The van der Waals surface area contributed by atoms with Crippen LogP contribution in [0.2, 0.25) is 0 Å². The van der Waals surface area contributed by atoms with Crippen molar-refractivity contribution < 1.29 is 18.3 Å². The number of anilines is 3. The Bertz CT molecular complexity index is 1190. The third-order valence-electron chi connectivity index (χ3n) is 5.78. The second kappa shape index (κ2) is 9.36. The van der Waals surface area contributed by atoms with Gasteiger partial charge in [-0.05, 0) is 55.3 Å². The number of nitrogens with one attached hydrogen (secondary N) is 2. The van der Waals surface area contributed by atoms with Crippen LogP contribution in [0.25, 0.3) is 10.8 Å². The normalized spacial score (nSPS) is 18.9. The number of hydrogen-bond donors (Lipinski definition) is 4. The summed E-state index contributed by atoms with van der Waals surface area (Å²) < 4.78 is 42.0. The van der Waals surface area contributed by atoms with Crippen LogP contribution in [0.15, 0.2) is 41.5 Å². The number of hydrogen-bond acceptors (Lipinski definition) is 7. The molecule has 0 bridgehead atoms. The van der Waals surface area contributed by atoms with E-state index in [0.717, 1.165) is 19.0 Å². The van der Waals surface area contributed by atoms with Gasteiger partial charge in [-0.1, -0.05) is 0 Å². The van der Waals surface area contributed by atoms with Crippen molar-refractivity contribution in [1.29, 1.82) is 0 Å². The van der Waals surface area contributed by atoms with E-state index in [1.165, 1.54) is 4.57 Å². The Morgan fingerprint density at radius 3 is 2.64 bits per heavy atom. The van der Waals surface area contributed by atoms with E-state index in [4.69, 9.17) is 10.8 Å². The number of fused-ring (bicyclic) bond motifs is 1. The van der Waals surface area contributed by atoms with Gasteiger partial charge >= 0.3 is 6.18 Å². The Kier molecular flexibility index (Phi) is 6.52. The molecule has 0 amide bonds. The van der Waals surface area contributed by atoms with E-state index in [-0.39, 0.29) is 42.6 Å². The molecule has 8 nitrogen and oxygen atoms in total. The molecule has 5 N–H and O–H groups in total. The molecule has 4 rings (SSSR count). The number of aromatic nitrogens is 3. The average molecular weight is 462 g/mol. The van der Waals surface area contributed by atoms with E-state index in [1.807, 2.05) is 0 Å². The van der Waals surface area contributed by atoms with E-state index >= 15 is 0 Å². The summed E-state index contributed by atoms with van der Waals surface area (Å²) in [7, 11) is 0. The van der Waals surface area contributed by atoms with Gasteiger partial charge in [0.05, 0.1) is 6.61 Å². The molecule has 0 saturated heterocycles. The zero-order valence-corrected chi connectivity index (χ0v) is 17.8. The second-order valence-electron chi connectivity index (χ2n) is 8.17. The van der Waals surface area contributed by atoms with Crippen molar-refractivity contribution in [2.24, 2.45) is 5.73 Å². The number of alkyl halides is 3. The van der Waals surface area contributed by atoms with Crippen LogP contribution < -0.4 is 21.9 Å². The maximum atomic E-state index is 13.5. The summed E-state index contributed by atoms with van der Waals surface area (Å²) in [6.45, 7) is 0.0389. The molecular formula is C22H25F3N6O2. The van der Waals surface area contributed by atoms with Crippen molar-refractivity contribution in [1.82, 2.24) is 14.5 Å². The molecule has 0 spiro atoms. The molecule has 33 heavy (non-hydrogen) atoms. The van der Waals surface area contributed by atoms with Gasteiger partial charge < -0.3 is 26.0 Å². The minimum absolute atomic E-state index is 0.00554. The molecule has 176 valence electrons. The number of nitrogens with two attached hydrogens (primary N) is 1. The van der Waals surface area contributed by atoms with E-state index in [2.05, 4.69) is 20.6 Å². The predicted octanol–water partition coefficient (Wildman–Crippen LogP) is 3.23. The van der Waals surface area contributed by atoms with Crippen LogP contribution in [0.1, 0.15) is 31.2 Å². The topological polar surface area (TPSA) is 118 Å². The average Bonchev–Trinajstić information content (AvgIpc) is 2.77. The Hall–Kier alpha value is -3.18. The third kappa shape index (κ3) is 5.25. The summed E-state index contributed by atoms with van der Waals surface area (Å²) in [5.41, 5.74) is 5.26. The van der Waals surface area contributed by atoms with Gasteiger partial charge in [-0.3, -0.25) is 4.79 Å². The van der Waals surface area contributed by atoms with Gasteiger partial charge in [-0.2, -0.15) is 18.2 Å². The zero-order valence-electron chi connectivity index (χ0n) is 17.8. The van der Waals surface area contributed by atoms with Gasteiger partial charge in [0.25, 0.3) is 5.56 Å². The lowest BCUT2D eigenvalue weighted by atomic mass is 9.92. The van der Waals surface area contributed by atoms with Crippen molar-refractivity contribution in [2.45, 2.75) is 50.5 Å². The summed E-state index contributed by atoms with van der Waals surface area (Å²) in [6, 6.07) is 6.60. The first-order valence-corrected chi connectivity index (χ1v) is 10.7. The first kappa shape index (κ1) is 23.0. The van der Waals surface area contributed by atoms with Crippen molar-refractivity contribution in [3.63, 3.8) is 0 Å². The van der Waals surface area contributed by atoms with Gasteiger partial charge in [-0.15, -0.1) is 0 Å². The highest BCUT2D eigenvalue weighted by molar-refractivity contribution is 5.85. The highest BCUT2D eigenvalue weighted by atomic mass is 19.4. The van der Waals surface area contributed by atoms with Crippen molar-refractivity contribution in [3.8, 4) is 0 Å². The second-order valence-corrected chi connectivity index (χ2v) is 8.17. The molecule has 0 radical (unpaired) electrons. The molecule has 0 atom stereocenters. The van der Waals surface area contributed by atoms with Crippen LogP contribution in [0.3, 0.4) is 0 Å². The van der Waals surface area contributed by atoms with Crippen LogP contribution in [0, 0.1) is 0 Å². The number of aliphatic hydroxyl groups is 1. The standard InChI is InChI=1S/C22H25F3N6O2/c23-22(24,25)18-12-27-21(30-19(18)28-15-3-1-14(26)2-4-15)29-16-5-6-17-13(11-16)7-8-31(9-10-32)20(17)33/h5-8,11-12,14-15,32H,1-4,9-10,26H2,(H2,27,28,29,30)/t14-,15+. The quantitative estimate of drug-likeness (QED) is 0.444. The number of benzene rings is 1. The number of rotatable bonds is 6. The molecule has 0 aliphatic heterocycles. The first-order chi connectivity index (χ1) is 15.7. The van der Waals surface area contributed by atoms with Crippen molar-refractivity contribution in [3.05, 3.63) is 52.6 Å². The van der Waals surface area contributed by atoms with E-state index in [1.54, 1.807) is 30.5 Å². The van der Waals surface area contributed by atoms with E-state index in [9.17, 15) is 18.0 Å². The molecule has 1 fully saturated rings. The Balaban J connectivity index is 1.60. The SMILES string of the molecule is N[C@H]1CC[C@@H](Nc2nc(Nc3ccc4c(=O)n(CCO)ccc4c3)ncc2C(F)(F)F)CC1. The monoisotopic (exact) mass is 462 g/mol. The van der Waals surface area contributed by atoms with Gasteiger partial charge in [0.2, 0.25) is 5.95 Å². The lowest BCUT2D eigenvalue weighted by Gasteiger charge is -2.28. The number of pyridine rings is 1. The van der Waals surface area contributed by atoms with E-state index < -0.39 is 11.7 Å². The lowest BCUT2D eigenvalue weighted by Crippen LogP contribution is -2.33. The maximum absolute atomic E-state index is 13.5. The van der Waals surface area contributed by atoms with Gasteiger partial charge in [0, 0.05) is 42.1 Å². The van der Waals surface area contributed by atoms with Gasteiger partial charge in [0.15, 0.2) is 0 Å². The largest absolute Gasteiger partial charge is 0.421 e. The van der Waals surface area contributed by atoms with Crippen LogP contribution in [0.5, 0.6) is 0 Å². The van der Waals surface area contributed by atoms with Gasteiger partial charge in [0.1, 0.15) is 11.4 Å². The number of aliphatic hydroxyl groups excluding tert-OH is 1. The molecule has 3 aromatic rings. The fourth-order valence-corrected chi connectivity index (χ4v) is 4.00.